The van der Waals surface area contributed by atoms with E-state index in [0.29, 0.717) is 6.04 Å². The third-order valence-corrected chi connectivity index (χ3v) is 4.19. The molecule has 104 valence electrons. The number of hydrogen-bond donors (Lipinski definition) is 1. The Morgan fingerprint density at radius 1 is 1.20 bits per heavy atom. The molecule has 0 fully saturated rings. The molecule has 0 bridgehead atoms. The van der Waals surface area contributed by atoms with Crippen molar-refractivity contribution < 1.29 is 4.39 Å². The average Bonchev–Trinajstić information content (AvgIpc) is 2.88. The van der Waals surface area contributed by atoms with Crippen LogP contribution in [0.4, 0.5) is 4.39 Å². The molecule has 2 atom stereocenters. The largest absolute Gasteiger partial charge is 0.303 e. The van der Waals surface area contributed by atoms with E-state index in [4.69, 9.17) is 0 Å². The minimum absolute atomic E-state index is 0.158. The summed E-state index contributed by atoms with van der Waals surface area (Å²) in [7, 11) is 0. The van der Waals surface area contributed by atoms with Crippen LogP contribution in [-0.2, 0) is 6.42 Å². The van der Waals surface area contributed by atoms with Crippen LogP contribution in [-0.4, -0.2) is 0 Å². The standard InChI is InChI=1S/C18H20FN/c1-2-17(14-7-5-8-15(19)12-14)20-18-11-10-13-6-3-4-9-16(13)18/h3-9,12,17-18,20H,2,10-11H2,1H3. The molecule has 1 aliphatic rings. The first kappa shape index (κ1) is 13.3. The van der Waals surface area contributed by atoms with Gasteiger partial charge in [-0.05, 0) is 48.1 Å². The van der Waals surface area contributed by atoms with Crippen molar-refractivity contribution >= 4 is 0 Å². The molecule has 0 aliphatic heterocycles. The lowest BCUT2D eigenvalue weighted by Crippen LogP contribution is -2.24. The van der Waals surface area contributed by atoms with E-state index in [-0.39, 0.29) is 11.9 Å². The van der Waals surface area contributed by atoms with Crippen LogP contribution in [0.5, 0.6) is 0 Å². The maximum absolute atomic E-state index is 13.4. The minimum Gasteiger partial charge on any atom is -0.303 e. The van der Waals surface area contributed by atoms with E-state index in [2.05, 4.69) is 36.5 Å². The molecule has 3 rings (SSSR count). The van der Waals surface area contributed by atoms with Gasteiger partial charge in [-0.15, -0.1) is 0 Å². The molecule has 0 amide bonds. The van der Waals surface area contributed by atoms with E-state index in [9.17, 15) is 4.39 Å². The Morgan fingerprint density at radius 2 is 2.05 bits per heavy atom. The summed E-state index contributed by atoms with van der Waals surface area (Å²) in [6.45, 7) is 2.14. The van der Waals surface area contributed by atoms with Crippen molar-refractivity contribution in [1.29, 1.82) is 0 Å². The molecule has 1 aliphatic carbocycles. The van der Waals surface area contributed by atoms with Crippen LogP contribution in [0.3, 0.4) is 0 Å². The Labute approximate surface area is 119 Å². The highest BCUT2D eigenvalue weighted by Gasteiger charge is 2.24. The van der Waals surface area contributed by atoms with E-state index < -0.39 is 0 Å². The number of fused-ring (bicyclic) bond motifs is 1. The molecule has 2 unspecified atom stereocenters. The van der Waals surface area contributed by atoms with Crippen LogP contribution in [0.1, 0.15) is 48.5 Å². The van der Waals surface area contributed by atoms with E-state index in [1.54, 1.807) is 12.1 Å². The van der Waals surface area contributed by atoms with Crippen molar-refractivity contribution in [3.05, 3.63) is 71.0 Å². The van der Waals surface area contributed by atoms with Gasteiger partial charge in [0, 0.05) is 12.1 Å². The van der Waals surface area contributed by atoms with Gasteiger partial charge >= 0.3 is 0 Å². The van der Waals surface area contributed by atoms with Gasteiger partial charge in [0.25, 0.3) is 0 Å². The molecule has 2 aromatic carbocycles. The zero-order valence-electron chi connectivity index (χ0n) is 11.8. The highest BCUT2D eigenvalue weighted by atomic mass is 19.1. The Kier molecular flexibility index (Phi) is 3.83. The summed E-state index contributed by atoms with van der Waals surface area (Å²) in [5.74, 6) is -0.158. The smallest absolute Gasteiger partial charge is 0.123 e. The minimum atomic E-state index is -0.158. The molecule has 2 heteroatoms. The summed E-state index contributed by atoms with van der Waals surface area (Å²) in [6, 6.07) is 16.2. The first-order valence-corrected chi connectivity index (χ1v) is 7.37. The van der Waals surface area contributed by atoms with Crippen molar-refractivity contribution in [3.63, 3.8) is 0 Å². The number of rotatable bonds is 4. The third kappa shape index (κ3) is 2.61. The van der Waals surface area contributed by atoms with Gasteiger partial charge < -0.3 is 5.32 Å². The van der Waals surface area contributed by atoms with Crippen LogP contribution in [0.15, 0.2) is 48.5 Å². The van der Waals surface area contributed by atoms with Crippen LogP contribution >= 0.6 is 0 Å². The van der Waals surface area contributed by atoms with Gasteiger partial charge in [-0.1, -0.05) is 43.3 Å². The fraction of sp³-hybridized carbons (Fsp3) is 0.333. The molecule has 2 aromatic rings. The lowest BCUT2D eigenvalue weighted by Gasteiger charge is -2.23. The molecule has 0 radical (unpaired) electrons. The summed E-state index contributed by atoms with van der Waals surface area (Å²) in [5.41, 5.74) is 3.89. The molecule has 0 saturated carbocycles. The first-order valence-electron chi connectivity index (χ1n) is 7.37. The maximum Gasteiger partial charge on any atom is 0.123 e. The Morgan fingerprint density at radius 3 is 2.85 bits per heavy atom. The number of aryl methyl sites for hydroxylation is 1. The Hall–Kier alpha value is -1.67. The van der Waals surface area contributed by atoms with Gasteiger partial charge in [-0.2, -0.15) is 0 Å². The number of halogens is 1. The van der Waals surface area contributed by atoms with Gasteiger partial charge in [0.15, 0.2) is 0 Å². The van der Waals surface area contributed by atoms with Gasteiger partial charge in [0.1, 0.15) is 5.82 Å². The zero-order chi connectivity index (χ0) is 13.9. The summed E-state index contributed by atoms with van der Waals surface area (Å²) in [5, 5.41) is 3.70. The lowest BCUT2D eigenvalue weighted by molar-refractivity contribution is 0.431. The van der Waals surface area contributed by atoms with Crippen molar-refractivity contribution in [3.8, 4) is 0 Å². The van der Waals surface area contributed by atoms with Crippen molar-refractivity contribution in [2.24, 2.45) is 0 Å². The summed E-state index contributed by atoms with van der Waals surface area (Å²) in [4.78, 5) is 0. The lowest BCUT2D eigenvalue weighted by atomic mass is 10.0. The molecule has 1 nitrogen and oxygen atoms in total. The highest BCUT2D eigenvalue weighted by Crippen LogP contribution is 2.33. The third-order valence-electron chi connectivity index (χ3n) is 4.19. The maximum atomic E-state index is 13.4. The number of hydrogen-bond acceptors (Lipinski definition) is 1. The van der Waals surface area contributed by atoms with Crippen molar-refractivity contribution in [2.75, 3.05) is 0 Å². The fourth-order valence-corrected chi connectivity index (χ4v) is 3.15. The molecule has 20 heavy (non-hydrogen) atoms. The summed E-state index contributed by atoms with van der Waals surface area (Å²) in [6.07, 6.45) is 3.22. The van der Waals surface area contributed by atoms with Crippen LogP contribution < -0.4 is 5.32 Å². The van der Waals surface area contributed by atoms with Crippen LogP contribution in [0, 0.1) is 5.82 Å². The second-order valence-corrected chi connectivity index (χ2v) is 5.47. The quantitative estimate of drug-likeness (QED) is 0.858. The molecule has 0 aromatic heterocycles. The number of nitrogens with one attached hydrogen (secondary N) is 1. The second kappa shape index (κ2) is 5.76. The summed E-state index contributed by atoms with van der Waals surface area (Å²) < 4.78 is 13.4. The van der Waals surface area contributed by atoms with Gasteiger partial charge in [0.2, 0.25) is 0 Å². The predicted octanol–water partition coefficient (Wildman–Crippen LogP) is 4.55. The monoisotopic (exact) mass is 269 g/mol. The van der Waals surface area contributed by atoms with Gasteiger partial charge in [0.05, 0.1) is 0 Å². The van der Waals surface area contributed by atoms with E-state index in [1.165, 1.54) is 17.2 Å². The predicted molar refractivity (Wildman–Crippen MR) is 80.1 cm³/mol. The molecule has 1 N–H and O–H groups in total. The zero-order valence-corrected chi connectivity index (χ0v) is 11.8. The molecule has 0 spiro atoms. The Bertz CT molecular complexity index is 593. The van der Waals surface area contributed by atoms with Crippen LogP contribution in [0.2, 0.25) is 0 Å². The van der Waals surface area contributed by atoms with Gasteiger partial charge in [-0.25, -0.2) is 4.39 Å². The second-order valence-electron chi connectivity index (χ2n) is 5.47. The molecule has 0 saturated heterocycles. The number of benzene rings is 2. The van der Waals surface area contributed by atoms with Crippen molar-refractivity contribution in [2.45, 2.75) is 38.3 Å². The van der Waals surface area contributed by atoms with E-state index >= 15 is 0 Å². The van der Waals surface area contributed by atoms with E-state index in [0.717, 1.165) is 24.8 Å². The average molecular weight is 269 g/mol. The van der Waals surface area contributed by atoms with Gasteiger partial charge in [-0.3, -0.25) is 0 Å². The molecular formula is C18H20FN. The SMILES string of the molecule is CCC(NC1CCc2ccccc21)c1cccc(F)c1. The fourth-order valence-electron chi connectivity index (χ4n) is 3.15. The highest BCUT2D eigenvalue weighted by molar-refractivity contribution is 5.34. The molecule has 0 heterocycles. The van der Waals surface area contributed by atoms with E-state index in [1.807, 2.05) is 6.07 Å². The van der Waals surface area contributed by atoms with Crippen molar-refractivity contribution in [1.82, 2.24) is 5.32 Å². The summed E-state index contributed by atoms with van der Waals surface area (Å²) >= 11 is 0. The Balaban J connectivity index is 1.80. The molecular weight excluding hydrogens is 249 g/mol. The topological polar surface area (TPSA) is 12.0 Å². The van der Waals surface area contributed by atoms with Crippen LogP contribution in [0.25, 0.3) is 0 Å². The first-order chi connectivity index (χ1) is 9.78. The normalized spacial score (nSPS) is 18.8.